The van der Waals surface area contributed by atoms with Crippen LogP contribution in [0.15, 0.2) is 48.5 Å². The number of anilines is 2. The monoisotopic (exact) mass is 522 g/mol. The Morgan fingerprint density at radius 3 is 1.11 bits per heavy atom. The van der Waals surface area contributed by atoms with Gasteiger partial charge in [-0.25, -0.2) is 0 Å². The van der Waals surface area contributed by atoms with Crippen LogP contribution in [0.5, 0.6) is 0 Å². The second kappa shape index (κ2) is 15.4. The van der Waals surface area contributed by atoms with Gasteiger partial charge in [0.1, 0.15) is 0 Å². The van der Waals surface area contributed by atoms with Gasteiger partial charge in [-0.3, -0.25) is 0 Å². The molecule has 0 radical (unpaired) electrons. The van der Waals surface area contributed by atoms with E-state index in [2.05, 4.69) is 59.2 Å². The Morgan fingerprint density at radius 1 is 0.514 bits per heavy atom. The lowest BCUT2D eigenvalue weighted by atomic mass is 10.0. The molecule has 0 bridgehead atoms. The van der Waals surface area contributed by atoms with E-state index < -0.39 is 17.6 Å². The lowest BCUT2D eigenvalue weighted by Gasteiger charge is -2.24. The molecule has 0 atom stereocenters. The van der Waals surface area contributed by atoms with Crippen molar-refractivity contribution in [1.29, 1.82) is 0 Å². The maximum absolute atomic E-state index is 5.47. The fourth-order valence-corrected chi connectivity index (χ4v) is 7.35. The molecule has 0 amide bonds. The zero-order valence-corrected chi connectivity index (χ0v) is 24.0. The Labute approximate surface area is 213 Å². The predicted octanol–water partition coefficient (Wildman–Crippen LogP) is 4.64. The molecular formula is C25H42N2O6Si2. The third kappa shape index (κ3) is 9.32. The summed E-state index contributed by atoms with van der Waals surface area (Å²) in [5.41, 5.74) is 4.77. The molecule has 0 fully saturated rings. The van der Waals surface area contributed by atoms with E-state index in [0.29, 0.717) is 0 Å². The van der Waals surface area contributed by atoms with E-state index in [4.69, 9.17) is 26.6 Å². The first-order valence-electron chi connectivity index (χ1n) is 11.9. The van der Waals surface area contributed by atoms with Crippen molar-refractivity contribution in [2.24, 2.45) is 0 Å². The lowest BCUT2D eigenvalue weighted by Crippen LogP contribution is -2.42. The first-order valence-corrected chi connectivity index (χ1v) is 15.8. The highest BCUT2D eigenvalue weighted by Gasteiger charge is 2.37. The van der Waals surface area contributed by atoms with E-state index in [1.165, 1.54) is 11.1 Å². The van der Waals surface area contributed by atoms with E-state index in [-0.39, 0.29) is 0 Å². The first kappa shape index (κ1) is 29.5. The van der Waals surface area contributed by atoms with Crippen molar-refractivity contribution in [2.75, 3.05) is 66.4 Å². The van der Waals surface area contributed by atoms with Gasteiger partial charge in [-0.1, -0.05) is 24.3 Å². The van der Waals surface area contributed by atoms with Gasteiger partial charge in [-0.2, -0.15) is 0 Å². The SMILES string of the molecule is CO[Si](CCCNc1ccc(Cc2ccc(NCCC[Si](OC)(OC)OC)cc2)cc1)(OC)OC. The van der Waals surface area contributed by atoms with E-state index in [1.807, 2.05) is 0 Å². The van der Waals surface area contributed by atoms with Crippen LogP contribution in [0.3, 0.4) is 0 Å². The summed E-state index contributed by atoms with van der Waals surface area (Å²) in [5, 5.41) is 6.92. The van der Waals surface area contributed by atoms with E-state index >= 15 is 0 Å². The minimum Gasteiger partial charge on any atom is -0.385 e. The number of nitrogens with one attached hydrogen (secondary N) is 2. The number of benzene rings is 2. The average molecular weight is 523 g/mol. The summed E-state index contributed by atoms with van der Waals surface area (Å²) < 4.78 is 32.8. The van der Waals surface area contributed by atoms with Crippen molar-refractivity contribution in [1.82, 2.24) is 0 Å². The van der Waals surface area contributed by atoms with Crippen molar-refractivity contribution in [3.63, 3.8) is 0 Å². The Balaban J connectivity index is 1.74. The average Bonchev–Trinajstić information content (AvgIpc) is 2.91. The van der Waals surface area contributed by atoms with Crippen molar-refractivity contribution in [3.05, 3.63) is 59.7 Å². The third-order valence-electron chi connectivity index (χ3n) is 6.16. The molecule has 10 heteroatoms. The summed E-state index contributed by atoms with van der Waals surface area (Å²) in [5.74, 6) is 0. The van der Waals surface area contributed by atoms with Crippen LogP contribution in [0.1, 0.15) is 24.0 Å². The fourth-order valence-electron chi connectivity index (χ4n) is 3.90. The van der Waals surface area contributed by atoms with Gasteiger partial charge in [0.25, 0.3) is 0 Å². The van der Waals surface area contributed by atoms with Crippen LogP contribution < -0.4 is 10.6 Å². The van der Waals surface area contributed by atoms with Gasteiger partial charge in [0.15, 0.2) is 0 Å². The highest BCUT2D eigenvalue weighted by Crippen LogP contribution is 2.19. The van der Waals surface area contributed by atoms with Gasteiger partial charge in [0, 0.05) is 79.2 Å². The molecule has 0 aliphatic carbocycles. The maximum atomic E-state index is 5.47. The van der Waals surface area contributed by atoms with Gasteiger partial charge in [-0.05, 0) is 54.7 Å². The Bertz CT molecular complexity index is 745. The molecule has 0 aromatic heterocycles. The molecule has 0 heterocycles. The quantitative estimate of drug-likeness (QED) is 0.217. The molecule has 0 aliphatic heterocycles. The highest BCUT2D eigenvalue weighted by molar-refractivity contribution is 6.60. The normalized spacial score (nSPS) is 12.1. The topological polar surface area (TPSA) is 79.4 Å². The van der Waals surface area contributed by atoms with Gasteiger partial charge < -0.3 is 37.2 Å². The van der Waals surface area contributed by atoms with E-state index in [0.717, 1.165) is 55.8 Å². The standard InChI is InChI=1S/C25H42N2O6Si2/c1-28-34(29-2,30-3)19-7-17-26-24-13-9-22(10-14-24)21-23-11-15-25(16-12-23)27-18-8-20-35(31-4,32-5)33-6/h9-16,26-27H,7-8,17-21H2,1-6H3. The summed E-state index contributed by atoms with van der Waals surface area (Å²) >= 11 is 0. The van der Waals surface area contributed by atoms with E-state index in [9.17, 15) is 0 Å². The summed E-state index contributed by atoms with van der Waals surface area (Å²) in [6.45, 7) is 1.68. The second-order valence-corrected chi connectivity index (χ2v) is 14.4. The van der Waals surface area contributed by atoms with Crippen LogP contribution in [0.2, 0.25) is 12.1 Å². The summed E-state index contributed by atoms with van der Waals surface area (Å²) in [4.78, 5) is 0. The van der Waals surface area contributed by atoms with Crippen molar-refractivity contribution < 1.29 is 26.6 Å². The molecule has 2 N–H and O–H groups in total. The number of hydrogen-bond donors (Lipinski definition) is 2. The van der Waals surface area contributed by atoms with Crippen LogP contribution in [0.4, 0.5) is 11.4 Å². The maximum Gasteiger partial charge on any atom is 0.500 e. The van der Waals surface area contributed by atoms with Gasteiger partial charge in [0.05, 0.1) is 0 Å². The molecule has 0 aliphatic rings. The zero-order chi connectivity index (χ0) is 25.6. The van der Waals surface area contributed by atoms with E-state index in [1.54, 1.807) is 42.7 Å². The van der Waals surface area contributed by atoms with Crippen molar-refractivity contribution >= 4 is 29.0 Å². The number of rotatable bonds is 18. The van der Waals surface area contributed by atoms with Crippen molar-refractivity contribution in [3.8, 4) is 0 Å². The molecular weight excluding hydrogens is 480 g/mol. The third-order valence-corrected chi connectivity index (χ3v) is 11.8. The summed E-state index contributed by atoms with van der Waals surface area (Å²) in [7, 11) is 4.90. The van der Waals surface area contributed by atoms with Crippen LogP contribution in [0.25, 0.3) is 0 Å². The molecule has 0 spiro atoms. The summed E-state index contributed by atoms with van der Waals surface area (Å²) in [6, 6.07) is 18.8. The second-order valence-electron chi connectivity index (χ2n) is 8.22. The number of hydrogen-bond acceptors (Lipinski definition) is 8. The zero-order valence-electron chi connectivity index (χ0n) is 22.0. The van der Waals surface area contributed by atoms with Gasteiger partial charge in [-0.15, -0.1) is 0 Å². The van der Waals surface area contributed by atoms with Gasteiger partial charge >= 0.3 is 17.6 Å². The molecule has 196 valence electrons. The Morgan fingerprint density at radius 2 is 0.829 bits per heavy atom. The molecule has 2 aromatic rings. The van der Waals surface area contributed by atoms with Gasteiger partial charge in [0.2, 0.25) is 0 Å². The molecule has 8 nitrogen and oxygen atoms in total. The molecule has 2 aromatic carbocycles. The smallest absolute Gasteiger partial charge is 0.385 e. The first-order chi connectivity index (χ1) is 17.0. The Kier molecular flexibility index (Phi) is 12.9. The minimum absolute atomic E-state index is 0.780. The van der Waals surface area contributed by atoms with Crippen LogP contribution in [-0.2, 0) is 33.0 Å². The minimum atomic E-state index is -2.49. The van der Waals surface area contributed by atoms with Crippen LogP contribution in [-0.4, -0.2) is 73.4 Å². The van der Waals surface area contributed by atoms with Crippen molar-refractivity contribution in [2.45, 2.75) is 31.4 Å². The fraction of sp³-hybridized carbons (Fsp3) is 0.520. The molecule has 2 rings (SSSR count). The summed E-state index contributed by atoms with van der Waals surface area (Å²) in [6.07, 6.45) is 2.73. The molecule has 0 unspecified atom stereocenters. The lowest BCUT2D eigenvalue weighted by molar-refractivity contribution is 0.122. The molecule has 0 saturated carbocycles. The predicted molar refractivity (Wildman–Crippen MR) is 145 cm³/mol. The van der Waals surface area contributed by atoms with Crippen LogP contribution in [0, 0.1) is 0 Å². The molecule has 0 saturated heterocycles. The Hall–Kier alpha value is -1.77. The largest absolute Gasteiger partial charge is 0.500 e. The van der Waals surface area contributed by atoms with Crippen LogP contribution >= 0.6 is 0 Å². The molecule has 35 heavy (non-hydrogen) atoms. The highest BCUT2D eigenvalue weighted by atomic mass is 28.4.